The van der Waals surface area contributed by atoms with Crippen LogP contribution in [-0.2, 0) is 17.4 Å². The van der Waals surface area contributed by atoms with Gasteiger partial charge in [0.05, 0.1) is 12.0 Å². The molecule has 0 aromatic heterocycles. The number of para-hydroxylation sites is 2. The topological polar surface area (TPSA) is 55.8 Å². The lowest BCUT2D eigenvalue weighted by Crippen LogP contribution is -2.04. The van der Waals surface area contributed by atoms with E-state index in [1.807, 2.05) is 0 Å². The van der Waals surface area contributed by atoms with E-state index in [1.54, 1.807) is 36.4 Å². The summed E-state index contributed by atoms with van der Waals surface area (Å²) in [6.07, 6.45) is -4.63. The van der Waals surface area contributed by atoms with Crippen molar-refractivity contribution >= 4 is 17.6 Å². The molecule has 0 amide bonds. The molecule has 0 atom stereocenters. The Morgan fingerprint density at radius 3 is 2.34 bits per heavy atom. The second-order valence-corrected chi connectivity index (χ2v) is 6.95. The number of alkyl halides is 3. The fourth-order valence-electron chi connectivity index (χ4n) is 2.69. The monoisotopic (exact) mass is 460 g/mol. The van der Waals surface area contributed by atoms with Crippen LogP contribution in [0.1, 0.15) is 16.7 Å². The van der Waals surface area contributed by atoms with Gasteiger partial charge in [-0.2, -0.15) is 13.2 Å². The normalized spacial score (nSPS) is 10.8. The predicted octanol–water partition coefficient (Wildman–Crippen LogP) is 6.21. The van der Waals surface area contributed by atoms with Crippen molar-refractivity contribution in [2.24, 2.45) is 0 Å². The number of carbonyl (C=O) groups is 1. The van der Waals surface area contributed by atoms with E-state index in [2.05, 4.69) is 11.8 Å². The Bertz CT molecular complexity index is 1160. The lowest BCUT2D eigenvalue weighted by Gasteiger charge is -2.12. The third-order valence-electron chi connectivity index (χ3n) is 4.18. The number of rotatable bonds is 6. The number of carboxylic acids is 1. The van der Waals surface area contributed by atoms with E-state index in [-0.39, 0.29) is 13.0 Å². The molecule has 0 unspecified atom stereocenters. The van der Waals surface area contributed by atoms with Crippen molar-refractivity contribution in [3.05, 3.63) is 88.4 Å². The largest absolute Gasteiger partial charge is 0.481 e. The van der Waals surface area contributed by atoms with Crippen LogP contribution >= 0.6 is 11.6 Å². The van der Waals surface area contributed by atoms with Gasteiger partial charge in [-0.15, -0.1) is 0 Å². The summed E-state index contributed by atoms with van der Waals surface area (Å²) in [5.74, 6) is 5.63. The average molecular weight is 461 g/mol. The van der Waals surface area contributed by atoms with Gasteiger partial charge >= 0.3 is 12.1 Å². The number of hydrogen-bond donors (Lipinski definition) is 1. The molecule has 4 nitrogen and oxygen atoms in total. The molecule has 3 aromatic rings. The van der Waals surface area contributed by atoms with Gasteiger partial charge in [-0.3, -0.25) is 4.79 Å². The molecule has 0 spiro atoms. The Morgan fingerprint density at radius 2 is 1.69 bits per heavy atom. The van der Waals surface area contributed by atoms with Gasteiger partial charge in [-0.1, -0.05) is 35.6 Å². The third kappa shape index (κ3) is 6.43. The molecule has 0 bridgehead atoms. The maximum absolute atomic E-state index is 12.6. The van der Waals surface area contributed by atoms with E-state index in [9.17, 15) is 18.0 Å². The van der Waals surface area contributed by atoms with Crippen molar-refractivity contribution in [1.82, 2.24) is 0 Å². The molecule has 8 heteroatoms. The van der Waals surface area contributed by atoms with Crippen LogP contribution < -0.4 is 9.47 Å². The highest BCUT2D eigenvalue weighted by atomic mass is 35.5. The summed E-state index contributed by atoms with van der Waals surface area (Å²) >= 11 is 6.03. The third-order valence-corrected chi connectivity index (χ3v) is 4.55. The molecule has 0 aliphatic rings. The van der Waals surface area contributed by atoms with Gasteiger partial charge in [-0.05, 0) is 60.2 Å². The molecule has 0 fully saturated rings. The quantitative estimate of drug-likeness (QED) is 0.444. The van der Waals surface area contributed by atoms with E-state index in [0.29, 0.717) is 33.4 Å². The van der Waals surface area contributed by atoms with Gasteiger partial charge < -0.3 is 14.6 Å². The fourth-order valence-corrected chi connectivity index (χ4v) is 2.87. The predicted molar refractivity (Wildman–Crippen MR) is 113 cm³/mol. The lowest BCUT2D eigenvalue weighted by atomic mass is 10.1. The van der Waals surface area contributed by atoms with Crippen LogP contribution in [0.2, 0.25) is 5.02 Å². The smallest absolute Gasteiger partial charge is 0.416 e. The van der Waals surface area contributed by atoms with Crippen LogP contribution in [0, 0.1) is 11.8 Å². The summed E-state index contributed by atoms with van der Waals surface area (Å²) in [7, 11) is 0. The van der Waals surface area contributed by atoms with Crippen LogP contribution in [0.25, 0.3) is 0 Å². The van der Waals surface area contributed by atoms with Crippen molar-refractivity contribution in [3.63, 3.8) is 0 Å². The number of aliphatic carboxylic acids is 1. The highest BCUT2D eigenvalue weighted by Crippen LogP contribution is 2.33. The summed E-state index contributed by atoms with van der Waals surface area (Å²) < 4.78 is 49.3. The molecule has 32 heavy (non-hydrogen) atoms. The van der Waals surface area contributed by atoms with Crippen LogP contribution in [0.15, 0.2) is 66.7 Å². The molecule has 0 aliphatic heterocycles. The number of ether oxygens (including phenoxy) is 2. The van der Waals surface area contributed by atoms with Crippen LogP contribution in [0.4, 0.5) is 13.2 Å². The first-order valence-corrected chi connectivity index (χ1v) is 9.66. The second kappa shape index (κ2) is 10.1. The first-order chi connectivity index (χ1) is 15.2. The maximum atomic E-state index is 12.6. The van der Waals surface area contributed by atoms with Crippen molar-refractivity contribution in [1.29, 1.82) is 0 Å². The van der Waals surface area contributed by atoms with E-state index in [1.165, 1.54) is 18.2 Å². The zero-order valence-electron chi connectivity index (χ0n) is 16.4. The minimum absolute atomic E-state index is 0.0215. The Morgan fingerprint density at radius 1 is 1.00 bits per heavy atom. The number of hydrogen-bond acceptors (Lipinski definition) is 3. The molecule has 0 heterocycles. The summed E-state index contributed by atoms with van der Waals surface area (Å²) in [6, 6.07) is 16.0. The summed E-state index contributed by atoms with van der Waals surface area (Å²) in [4.78, 5) is 11.0. The number of halogens is 4. The Kier molecular flexibility index (Phi) is 7.29. The number of carboxylic acid groups (broad SMARTS) is 1. The standard InChI is InChI=1S/C24H16ClF3O4/c25-20-12-11-19(14-17(20)15-23(29)30)32-22-6-2-1-5-21(22)31-13-3-4-16-7-9-18(10-8-16)24(26,27)28/h1-2,5-12,14H,13,15H2,(H,29,30). The molecule has 3 aromatic carbocycles. The molecule has 0 aliphatic carbocycles. The molecule has 0 radical (unpaired) electrons. The van der Waals surface area contributed by atoms with E-state index >= 15 is 0 Å². The fraction of sp³-hybridized carbons (Fsp3) is 0.125. The van der Waals surface area contributed by atoms with E-state index in [4.69, 9.17) is 26.2 Å². The Hall–Kier alpha value is -3.63. The summed E-state index contributed by atoms with van der Waals surface area (Å²) in [6.45, 7) is -0.0215. The van der Waals surface area contributed by atoms with Gasteiger partial charge in [0.25, 0.3) is 0 Å². The molecule has 0 saturated carbocycles. The first-order valence-electron chi connectivity index (χ1n) is 9.28. The van der Waals surface area contributed by atoms with E-state index in [0.717, 1.165) is 12.1 Å². The van der Waals surface area contributed by atoms with Crippen molar-refractivity contribution in [2.75, 3.05) is 6.61 Å². The van der Waals surface area contributed by atoms with Gasteiger partial charge in [0.15, 0.2) is 11.5 Å². The lowest BCUT2D eigenvalue weighted by molar-refractivity contribution is -0.138. The highest BCUT2D eigenvalue weighted by Gasteiger charge is 2.29. The zero-order valence-corrected chi connectivity index (χ0v) is 17.2. The van der Waals surface area contributed by atoms with E-state index < -0.39 is 17.7 Å². The van der Waals surface area contributed by atoms with Crippen LogP contribution in [0.3, 0.4) is 0 Å². The minimum Gasteiger partial charge on any atom is -0.481 e. The number of benzene rings is 3. The summed E-state index contributed by atoms with van der Waals surface area (Å²) in [5, 5.41) is 9.31. The minimum atomic E-state index is -4.39. The molecular formula is C24H16ClF3O4. The van der Waals surface area contributed by atoms with Gasteiger partial charge in [0.1, 0.15) is 12.4 Å². The average Bonchev–Trinajstić information content (AvgIpc) is 2.74. The first kappa shape index (κ1) is 23.0. The summed E-state index contributed by atoms with van der Waals surface area (Å²) in [5.41, 5.74) is 0.106. The van der Waals surface area contributed by atoms with Crippen LogP contribution in [-0.4, -0.2) is 17.7 Å². The molecule has 164 valence electrons. The van der Waals surface area contributed by atoms with Gasteiger partial charge in [0.2, 0.25) is 0 Å². The SMILES string of the molecule is O=C(O)Cc1cc(Oc2ccccc2OCC#Cc2ccc(C(F)(F)F)cc2)ccc1Cl. The highest BCUT2D eigenvalue weighted by molar-refractivity contribution is 6.31. The zero-order chi connectivity index (χ0) is 23.1. The van der Waals surface area contributed by atoms with Gasteiger partial charge in [0, 0.05) is 10.6 Å². The van der Waals surface area contributed by atoms with Gasteiger partial charge in [-0.25, -0.2) is 0 Å². The van der Waals surface area contributed by atoms with Crippen molar-refractivity contribution < 1.29 is 32.5 Å². The van der Waals surface area contributed by atoms with Crippen molar-refractivity contribution in [2.45, 2.75) is 12.6 Å². The molecule has 3 rings (SSSR count). The molecule has 0 saturated heterocycles. The molecule has 1 N–H and O–H groups in total. The second-order valence-electron chi connectivity index (χ2n) is 6.54. The maximum Gasteiger partial charge on any atom is 0.416 e. The Labute approximate surface area is 187 Å². The molecular weight excluding hydrogens is 445 g/mol. The van der Waals surface area contributed by atoms with Crippen LogP contribution in [0.5, 0.6) is 17.2 Å². The van der Waals surface area contributed by atoms with Crippen molar-refractivity contribution in [3.8, 4) is 29.1 Å². The Balaban J connectivity index is 1.67.